The van der Waals surface area contributed by atoms with Gasteiger partial charge in [0.05, 0.1) is 5.56 Å². The summed E-state index contributed by atoms with van der Waals surface area (Å²) in [6.07, 6.45) is 2.44. The number of rotatable bonds is 4. The molecule has 3 heterocycles. The average molecular weight is 491 g/mol. The number of amides is 2. The molecule has 1 aliphatic rings. The van der Waals surface area contributed by atoms with Crippen LogP contribution in [-0.2, 0) is 19.5 Å². The second-order valence-corrected chi connectivity index (χ2v) is 9.22. The number of H-pyrrole nitrogens is 1. The highest BCUT2D eigenvalue weighted by molar-refractivity contribution is 6.31. The fourth-order valence-electron chi connectivity index (χ4n) is 4.71. The summed E-state index contributed by atoms with van der Waals surface area (Å²) in [6, 6.07) is 11.4. The number of fused-ring (bicyclic) bond motifs is 2. The molecule has 0 unspecified atom stereocenters. The van der Waals surface area contributed by atoms with E-state index in [0.29, 0.717) is 30.2 Å². The van der Waals surface area contributed by atoms with Gasteiger partial charge in [0.2, 0.25) is 0 Å². The Morgan fingerprint density at radius 2 is 2.00 bits per heavy atom. The molecule has 4 aromatic rings. The third-order valence-electron chi connectivity index (χ3n) is 6.66. The number of benzene rings is 2. The van der Waals surface area contributed by atoms with Crippen molar-refractivity contribution in [3.8, 4) is 0 Å². The van der Waals surface area contributed by atoms with Gasteiger partial charge in [-0.15, -0.1) is 0 Å². The predicted molar refractivity (Wildman–Crippen MR) is 133 cm³/mol. The summed E-state index contributed by atoms with van der Waals surface area (Å²) in [4.78, 5) is 35.4. The molecule has 178 valence electrons. The predicted octanol–water partition coefficient (Wildman–Crippen LogP) is 5.10. The lowest BCUT2D eigenvalue weighted by Crippen LogP contribution is -2.37. The third-order valence-corrected chi connectivity index (χ3v) is 6.90. The fraction of sp³-hybridized carbons (Fsp3) is 0.222. The van der Waals surface area contributed by atoms with Crippen LogP contribution >= 0.6 is 11.6 Å². The van der Waals surface area contributed by atoms with Crippen molar-refractivity contribution in [2.24, 2.45) is 0 Å². The first-order valence-corrected chi connectivity index (χ1v) is 11.8. The largest absolute Gasteiger partial charge is 0.350 e. The maximum Gasteiger partial charge on any atom is 0.270 e. The SMILES string of the molecule is Cc1ncc2c(c1CNC(=O)c1ccccc1F)CCN(C(=O)c1[nH]c3ccc(Cl)cc3c1C)C2. The van der Waals surface area contributed by atoms with E-state index >= 15 is 0 Å². The van der Waals surface area contributed by atoms with Crippen LogP contribution in [0.1, 0.15) is 48.8 Å². The molecule has 2 aromatic heterocycles. The number of hydrogen-bond acceptors (Lipinski definition) is 3. The zero-order chi connectivity index (χ0) is 24.7. The van der Waals surface area contributed by atoms with Crippen LogP contribution < -0.4 is 5.32 Å². The maximum absolute atomic E-state index is 14.0. The van der Waals surface area contributed by atoms with Gasteiger partial charge in [0.25, 0.3) is 11.8 Å². The van der Waals surface area contributed by atoms with Gasteiger partial charge in [0, 0.05) is 47.5 Å². The quantitative estimate of drug-likeness (QED) is 0.417. The Kier molecular flexibility index (Phi) is 6.03. The zero-order valence-corrected chi connectivity index (χ0v) is 20.2. The van der Waals surface area contributed by atoms with Gasteiger partial charge in [-0.25, -0.2) is 4.39 Å². The highest BCUT2D eigenvalue weighted by Crippen LogP contribution is 2.29. The van der Waals surface area contributed by atoms with Crippen molar-refractivity contribution in [3.05, 3.63) is 98.7 Å². The molecule has 2 amide bonds. The first-order chi connectivity index (χ1) is 16.8. The molecule has 2 aromatic carbocycles. The lowest BCUT2D eigenvalue weighted by molar-refractivity contribution is 0.0728. The molecule has 0 fully saturated rings. The Balaban J connectivity index is 1.36. The Morgan fingerprint density at radius 1 is 1.20 bits per heavy atom. The van der Waals surface area contributed by atoms with E-state index in [4.69, 9.17) is 11.6 Å². The van der Waals surface area contributed by atoms with E-state index in [2.05, 4.69) is 15.3 Å². The number of aryl methyl sites for hydroxylation is 2. The van der Waals surface area contributed by atoms with Crippen LogP contribution in [0.4, 0.5) is 4.39 Å². The monoisotopic (exact) mass is 490 g/mol. The Bertz CT molecular complexity index is 1480. The molecular formula is C27H24ClFN4O2. The molecule has 0 atom stereocenters. The number of aromatic nitrogens is 2. The van der Waals surface area contributed by atoms with Crippen molar-refractivity contribution in [3.63, 3.8) is 0 Å². The van der Waals surface area contributed by atoms with E-state index < -0.39 is 11.7 Å². The van der Waals surface area contributed by atoms with Crippen LogP contribution in [0.25, 0.3) is 10.9 Å². The lowest BCUT2D eigenvalue weighted by Gasteiger charge is -2.30. The Hall–Kier alpha value is -3.71. The van der Waals surface area contributed by atoms with E-state index in [0.717, 1.165) is 38.9 Å². The number of nitrogens with one attached hydrogen (secondary N) is 2. The van der Waals surface area contributed by atoms with Crippen LogP contribution in [0.2, 0.25) is 5.02 Å². The van der Waals surface area contributed by atoms with Gasteiger partial charge in [-0.2, -0.15) is 0 Å². The molecule has 0 aliphatic carbocycles. The van der Waals surface area contributed by atoms with Crippen LogP contribution in [-0.4, -0.2) is 33.2 Å². The number of carbonyl (C=O) groups is 2. The molecule has 0 spiro atoms. The molecule has 0 saturated heterocycles. The van der Waals surface area contributed by atoms with E-state index in [1.807, 2.05) is 26.0 Å². The second-order valence-electron chi connectivity index (χ2n) is 8.78. The van der Waals surface area contributed by atoms with Crippen molar-refractivity contribution in [2.45, 2.75) is 33.4 Å². The molecule has 35 heavy (non-hydrogen) atoms. The summed E-state index contributed by atoms with van der Waals surface area (Å²) in [5.74, 6) is -1.10. The van der Waals surface area contributed by atoms with Gasteiger partial charge in [0.1, 0.15) is 11.5 Å². The topological polar surface area (TPSA) is 78.1 Å². The van der Waals surface area contributed by atoms with Gasteiger partial charge in [-0.05, 0) is 72.9 Å². The van der Waals surface area contributed by atoms with E-state index in [-0.39, 0.29) is 18.0 Å². The summed E-state index contributed by atoms with van der Waals surface area (Å²) in [5.41, 5.74) is 6.06. The van der Waals surface area contributed by atoms with Crippen molar-refractivity contribution in [1.82, 2.24) is 20.2 Å². The first-order valence-electron chi connectivity index (χ1n) is 11.4. The highest BCUT2D eigenvalue weighted by atomic mass is 35.5. The zero-order valence-electron chi connectivity index (χ0n) is 19.4. The smallest absolute Gasteiger partial charge is 0.270 e. The normalized spacial score (nSPS) is 13.1. The first kappa shape index (κ1) is 23.1. The number of carbonyl (C=O) groups excluding carboxylic acids is 2. The van der Waals surface area contributed by atoms with Gasteiger partial charge >= 0.3 is 0 Å². The van der Waals surface area contributed by atoms with E-state index in [9.17, 15) is 14.0 Å². The van der Waals surface area contributed by atoms with Crippen LogP contribution in [0.15, 0.2) is 48.7 Å². The van der Waals surface area contributed by atoms with Crippen molar-refractivity contribution in [2.75, 3.05) is 6.54 Å². The minimum Gasteiger partial charge on any atom is -0.350 e. The lowest BCUT2D eigenvalue weighted by atomic mass is 9.94. The molecule has 0 radical (unpaired) electrons. The molecule has 8 heteroatoms. The number of aromatic amines is 1. The molecule has 6 nitrogen and oxygen atoms in total. The maximum atomic E-state index is 14.0. The van der Waals surface area contributed by atoms with Crippen LogP contribution in [0.5, 0.6) is 0 Å². The summed E-state index contributed by atoms with van der Waals surface area (Å²) in [6.45, 7) is 5.01. The number of pyridine rings is 1. The van der Waals surface area contributed by atoms with Crippen LogP contribution in [0, 0.1) is 19.7 Å². The van der Waals surface area contributed by atoms with E-state index in [1.54, 1.807) is 29.3 Å². The van der Waals surface area contributed by atoms with Gasteiger partial charge in [-0.1, -0.05) is 23.7 Å². The minimum absolute atomic E-state index is 0.00896. The molecule has 1 aliphatic heterocycles. The van der Waals surface area contributed by atoms with Crippen molar-refractivity contribution < 1.29 is 14.0 Å². The Labute approximate surface area is 207 Å². The minimum atomic E-state index is -0.557. The summed E-state index contributed by atoms with van der Waals surface area (Å²) in [7, 11) is 0. The second kappa shape index (κ2) is 9.15. The summed E-state index contributed by atoms with van der Waals surface area (Å²) >= 11 is 6.14. The number of hydrogen-bond donors (Lipinski definition) is 2. The van der Waals surface area contributed by atoms with Crippen molar-refractivity contribution >= 4 is 34.3 Å². The fourth-order valence-corrected chi connectivity index (χ4v) is 4.88. The molecule has 0 saturated carbocycles. The van der Waals surface area contributed by atoms with Gasteiger partial charge in [0.15, 0.2) is 0 Å². The van der Waals surface area contributed by atoms with Gasteiger partial charge < -0.3 is 15.2 Å². The van der Waals surface area contributed by atoms with Crippen molar-refractivity contribution in [1.29, 1.82) is 0 Å². The Morgan fingerprint density at radius 3 is 2.80 bits per heavy atom. The molecule has 2 N–H and O–H groups in total. The summed E-state index contributed by atoms with van der Waals surface area (Å²) < 4.78 is 14.0. The summed E-state index contributed by atoms with van der Waals surface area (Å²) in [5, 5.41) is 4.38. The number of nitrogens with zero attached hydrogens (tertiary/aromatic N) is 2. The van der Waals surface area contributed by atoms with Gasteiger partial charge in [-0.3, -0.25) is 14.6 Å². The van der Waals surface area contributed by atoms with Crippen LogP contribution in [0.3, 0.4) is 0 Å². The highest BCUT2D eigenvalue weighted by Gasteiger charge is 2.27. The van der Waals surface area contributed by atoms with E-state index in [1.165, 1.54) is 12.1 Å². The molecule has 5 rings (SSSR count). The molecule has 0 bridgehead atoms. The number of halogens is 2. The molecular weight excluding hydrogens is 467 g/mol. The third kappa shape index (κ3) is 4.28. The average Bonchev–Trinajstić information content (AvgIpc) is 3.18. The standard InChI is InChI=1S/C27H24ClFN4O2/c1-15-21-11-18(28)7-8-24(21)32-25(15)27(35)33-10-9-19-17(14-33)12-30-16(2)22(19)13-31-26(34)20-5-3-4-6-23(20)29/h3-8,11-12,32H,9-10,13-14H2,1-2H3,(H,31,34).